The summed E-state index contributed by atoms with van der Waals surface area (Å²) in [5.41, 5.74) is 7.49. The molecule has 0 aliphatic rings. The maximum atomic E-state index is 14.0. The van der Waals surface area contributed by atoms with Crippen molar-refractivity contribution in [3.63, 3.8) is 0 Å². The molecule has 0 aliphatic heterocycles. The first kappa shape index (κ1) is 23.7. The summed E-state index contributed by atoms with van der Waals surface area (Å²) in [5.74, 6) is -1.52. The summed E-state index contributed by atoms with van der Waals surface area (Å²) >= 11 is 5.95. The molecule has 0 bridgehead atoms. The van der Waals surface area contributed by atoms with Crippen LogP contribution < -0.4 is 15.8 Å². The van der Waals surface area contributed by atoms with Crippen LogP contribution in [0.15, 0.2) is 65.6 Å². The topological polar surface area (TPSA) is 101 Å². The van der Waals surface area contributed by atoms with Gasteiger partial charge in [-0.3, -0.25) is 9.52 Å². The Morgan fingerprint density at radius 1 is 1.09 bits per heavy atom. The van der Waals surface area contributed by atoms with Crippen LogP contribution in [0.2, 0.25) is 5.02 Å². The minimum atomic E-state index is -3.89. The standard InChI is InChI=1S/C23H23ClFN3O3S/c1-2-4-15-7-11-18(12-8-15)32(30,31)28-21-13-17(10-9-16(21)14-26)27-23(29)22-19(24)5-3-6-20(22)25/h3,5-13,28H,2,4,14,26H2,1H3,(H,27,29). The van der Waals surface area contributed by atoms with E-state index in [9.17, 15) is 17.6 Å². The van der Waals surface area contributed by atoms with Gasteiger partial charge in [0.1, 0.15) is 5.82 Å². The molecule has 9 heteroatoms. The Labute approximate surface area is 191 Å². The lowest BCUT2D eigenvalue weighted by molar-refractivity contribution is 0.102. The van der Waals surface area contributed by atoms with Crippen molar-refractivity contribution >= 4 is 38.9 Å². The van der Waals surface area contributed by atoms with Gasteiger partial charge in [0.05, 0.1) is 21.2 Å². The van der Waals surface area contributed by atoms with Gasteiger partial charge in [0.2, 0.25) is 0 Å². The normalized spacial score (nSPS) is 11.2. The first-order valence-electron chi connectivity index (χ1n) is 9.95. The van der Waals surface area contributed by atoms with E-state index in [-0.39, 0.29) is 33.4 Å². The molecule has 0 saturated carbocycles. The molecular formula is C23H23ClFN3O3S. The molecule has 0 saturated heterocycles. The molecule has 3 aromatic rings. The van der Waals surface area contributed by atoms with Crippen molar-refractivity contribution in [2.75, 3.05) is 10.0 Å². The van der Waals surface area contributed by atoms with Crippen molar-refractivity contribution < 1.29 is 17.6 Å². The van der Waals surface area contributed by atoms with E-state index in [4.69, 9.17) is 17.3 Å². The zero-order valence-electron chi connectivity index (χ0n) is 17.4. The summed E-state index contributed by atoms with van der Waals surface area (Å²) in [6.07, 6.45) is 1.82. The number of sulfonamides is 1. The molecule has 168 valence electrons. The highest BCUT2D eigenvalue weighted by Crippen LogP contribution is 2.26. The second-order valence-electron chi connectivity index (χ2n) is 7.13. The lowest BCUT2D eigenvalue weighted by Crippen LogP contribution is -2.17. The largest absolute Gasteiger partial charge is 0.326 e. The fourth-order valence-electron chi connectivity index (χ4n) is 3.16. The van der Waals surface area contributed by atoms with Gasteiger partial charge < -0.3 is 11.1 Å². The van der Waals surface area contributed by atoms with E-state index in [1.807, 2.05) is 6.92 Å². The number of carbonyl (C=O) groups is 1. The van der Waals surface area contributed by atoms with E-state index in [2.05, 4.69) is 10.0 Å². The third kappa shape index (κ3) is 5.45. The zero-order valence-corrected chi connectivity index (χ0v) is 18.9. The Bertz CT molecular complexity index is 1210. The van der Waals surface area contributed by atoms with E-state index in [0.29, 0.717) is 5.56 Å². The molecule has 0 heterocycles. The summed E-state index contributed by atoms with van der Waals surface area (Å²) in [6.45, 7) is 2.12. The molecule has 32 heavy (non-hydrogen) atoms. The van der Waals surface area contributed by atoms with Gasteiger partial charge >= 0.3 is 0 Å². The summed E-state index contributed by atoms with van der Waals surface area (Å²) in [4.78, 5) is 12.6. The number of anilines is 2. The van der Waals surface area contributed by atoms with E-state index in [1.54, 1.807) is 36.4 Å². The summed E-state index contributed by atoms with van der Waals surface area (Å²) in [5, 5.41) is 2.51. The zero-order chi connectivity index (χ0) is 23.3. The van der Waals surface area contributed by atoms with Crippen LogP contribution in [0.4, 0.5) is 15.8 Å². The Balaban J connectivity index is 1.87. The molecule has 0 aromatic heterocycles. The highest BCUT2D eigenvalue weighted by atomic mass is 35.5. The van der Waals surface area contributed by atoms with Crippen molar-refractivity contribution in [1.29, 1.82) is 0 Å². The average molecular weight is 476 g/mol. The van der Waals surface area contributed by atoms with E-state index in [1.165, 1.54) is 18.2 Å². The van der Waals surface area contributed by atoms with Gasteiger partial charge in [0.15, 0.2) is 0 Å². The molecule has 6 nitrogen and oxygen atoms in total. The number of aryl methyl sites for hydroxylation is 1. The van der Waals surface area contributed by atoms with Crippen molar-refractivity contribution in [2.45, 2.75) is 31.2 Å². The van der Waals surface area contributed by atoms with Crippen molar-refractivity contribution in [3.05, 3.63) is 88.2 Å². The van der Waals surface area contributed by atoms with Crippen LogP contribution in [0.5, 0.6) is 0 Å². The van der Waals surface area contributed by atoms with Crippen molar-refractivity contribution in [3.8, 4) is 0 Å². The van der Waals surface area contributed by atoms with Crippen LogP contribution in [0, 0.1) is 5.82 Å². The fraction of sp³-hybridized carbons (Fsp3) is 0.174. The molecule has 3 rings (SSSR count). The van der Waals surface area contributed by atoms with Crippen LogP contribution in [0.25, 0.3) is 0 Å². The van der Waals surface area contributed by atoms with Gasteiger partial charge in [-0.1, -0.05) is 49.2 Å². The minimum absolute atomic E-state index is 0.0338. The van der Waals surface area contributed by atoms with Crippen molar-refractivity contribution in [2.24, 2.45) is 5.73 Å². The molecular weight excluding hydrogens is 453 g/mol. The second-order valence-corrected chi connectivity index (χ2v) is 9.22. The number of carbonyl (C=O) groups excluding carboxylic acids is 1. The Hall–Kier alpha value is -2.94. The van der Waals surface area contributed by atoms with Crippen LogP contribution in [0.1, 0.15) is 34.8 Å². The molecule has 0 aliphatic carbocycles. The predicted molar refractivity (Wildman–Crippen MR) is 125 cm³/mol. The first-order chi connectivity index (χ1) is 15.2. The number of benzene rings is 3. The second kappa shape index (κ2) is 10.1. The molecule has 0 unspecified atom stereocenters. The van der Waals surface area contributed by atoms with Crippen LogP contribution in [-0.4, -0.2) is 14.3 Å². The van der Waals surface area contributed by atoms with E-state index >= 15 is 0 Å². The molecule has 0 fully saturated rings. The minimum Gasteiger partial charge on any atom is -0.326 e. The lowest BCUT2D eigenvalue weighted by Gasteiger charge is -2.15. The fourth-order valence-corrected chi connectivity index (χ4v) is 4.50. The summed E-state index contributed by atoms with van der Waals surface area (Å²) in [7, 11) is -3.89. The van der Waals surface area contributed by atoms with Gasteiger partial charge in [-0.25, -0.2) is 12.8 Å². The number of rotatable bonds is 8. The van der Waals surface area contributed by atoms with Gasteiger partial charge in [-0.15, -0.1) is 0 Å². The van der Waals surface area contributed by atoms with Crippen LogP contribution in [0.3, 0.4) is 0 Å². The molecule has 1 amide bonds. The molecule has 0 radical (unpaired) electrons. The van der Waals surface area contributed by atoms with E-state index < -0.39 is 21.7 Å². The monoisotopic (exact) mass is 475 g/mol. The third-order valence-electron chi connectivity index (χ3n) is 4.79. The number of halogens is 2. The number of amides is 1. The van der Waals surface area contributed by atoms with Crippen LogP contribution >= 0.6 is 11.6 Å². The molecule has 4 N–H and O–H groups in total. The van der Waals surface area contributed by atoms with Gasteiger partial charge in [-0.2, -0.15) is 0 Å². The Morgan fingerprint density at radius 2 is 1.81 bits per heavy atom. The molecule has 3 aromatic carbocycles. The maximum absolute atomic E-state index is 14.0. The number of hydrogen-bond acceptors (Lipinski definition) is 4. The lowest BCUT2D eigenvalue weighted by atomic mass is 10.1. The number of nitrogens with two attached hydrogens (primary N) is 1. The summed E-state index contributed by atoms with van der Waals surface area (Å²) in [6, 6.07) is 15.1. The smallest absolute Gasteiger partial charge is 0.261 e. The Kier molecular flexibility index (Phi) is 7.50. The van der Waals surface area contributed by atoms with Gasteiger partial charge in [-0.05, 0) is 53.9 Å². The third-order valence-corrected chi connectivity index (χ3v) is 6.49. The Morgan fingerprint density at radius 3 is 2.44 bits per heavy atom. The maximum Gasteiger partial charge on any atom is 0.261 e. The predicted octanol–water partition coefficient (Wildman–Crippen LogP) is 4.94. The van der Waals surface area contributed by atoms with Crippen LogP contribution in [-0.2, 0) is 23.0 Å². The molecule has 0 atom stereocenters. The highest BCUT2D eigenvalue weighted by molar-refractivity contribution is 7.92. The van der Waals surface area contributed by atoms with Gasteiger partial charge in [0.25, 0.3) is 15.9 Å². The quantitative estimate of drug-likeness (QED) is 0.429. The summed E-state index contributed by atoms with van der Waals surface area (Å²) < 4.78 is 42.3. The number of hydrogen-bond donors (Lipinski definition) is 3. The van der Waals surface area contributed by atoms with E-state index in [0.717, 1.165) is 24.5 Å². The van der Waals surface area contributed by atoms with Crippen molar-refractivity contribution in [1.82, 2.24) is 0 Å². The highest BCUT2D eigenvalue weighted by Gasteiger charge is 2.19. The SMILES string of the molecule is CCCc1ccc(S(=O)(=O)Nc2cc(NC(=O)c3c(F)cccc3Cl)ccc2CN)cc1. The molecule has 0 spiro atoms. The number of nitrogens with one attached hydrogen (secondary N) is 2. The van der Waals surface area contributed by atoms with Gasteiger partial charge in [0, 0.05) is 12.2 Å². The first-order valence-corrected chi connectivity index (χ1v) is 11.8. The average Bonchev–Trinajstić information content (AvgIpc) is 2.74.